The number of hydrogen-bond acceptors (Lipinski definition) is 7. The first-order valence-corrected chi connectivity index (χ1v) is 12.2. The van der Waals surface area contributed by atoms with Gasteiger partial charge in [-0.1, -0.05) is 12.2 Å². The van der Waals surface area contributed by atoms with Crippen molar-refractivity contribution in [3.63, 3.8) is 0 Å². The van der Waals surface area contributed by atoms with Crippen molar-refractivity contribution in [2.24, 2.45) is 4.99 Å². The van der Waals surface area contributed by atoms with Crippen LogP contribution in [0, 0.1) is 6.92 Å². The van der Waals surface area contributed by atoms with Gasteiger partial charge in [0, 0.05) is 35.4 Å². The molecule has 3 aromatic rings. The topological polar surface area (TPSA) is 107 Å². The van der Waals surface area contributed by atoms with Crippen LogP contribution < -0.4 is 10.1 Å². The number of nitrogens with zero attached hydrogens (tertiary/aromatic N) is 2. The molecule has 2 N–H and O–H groups in total. The van der Waals surface area contributed by atoms with E-state index in [-0.39, 0.29) is 23.8 Å². The number of anilines is 1. The summed E-state index contributed by atoms with van der Waals surface area (Å²) in [6.45, 7) is 10.4. The lowest BCUT2D eigenvalue weighted by atomic mass is 10.1. The Morgan fingerprint density at radius 1 is 1.29 bits per heavy atom. The van der Waals surface area contributed by atoms with Crippen molar-refractivity contribution in [3.05, 3.63) is 88.9 Å². The molecular weight excluding hydrogens is 484 g/mol. The number of aromatic amines is 1. The van der Waals surface area contributed by atoms with Crippen molar-refractivity contribution in [2.45, 2.75) is 27.3 Å². The Kier molecular flexibility index (Phi) is 8.27. The van der Waals surface area contributed by atoms with Crippen molar-refractivity contribution in [1.29, 1.82) is 0 Å². The molecule has 1 aliphatic heterocycles. The molecule has 0 saturated heterocycles. The van der Waals surface area contributed by atoms with Gasteiger partial charge in [-0.3, -0.25) is 4.79 Å². The van der Waals surface area contributed by atoms with Crippen LogP contribution in [0.25, 0.3) is 12.2 Å². The Morgan fingerprint density at radius 2 is 2.08 bits per heavy atom. The normalized spacial score (nSPS) is 14.3. The molecule has 9 nitrogen and oxygen atoms in total. The average molecular weight is 515 g/mol. The summed E-state index contributed by atoms with van der Waals surface area (Å²) in [6.07, 6.45) is 10.9. The van der Waals surface area contributed by atoms with Crippen LogP contribution in [0.15, 0.2) is 77.2 Å². The summed E-state index contributed by atoms with van der Waals surface area (Å²) in [4.78, 5) is 32.9. The van der Waals surface area contributed by atoms with Gasteiger partial charge in [-0.15, -0.1) is 0 Å². The fraction of sp³-hybridized carbons (Fsp3) is 0.207. The van der Waals surface area contributed by atoms with Crippen molar-refractivity contribution in [2.75, 3.05) is 18.5 Å². The maximum Gasteiger partial charge on any atom is 0.347 e. The zero-order valence-corrected chi connectivity index (χ0v) is 21.6. The first-order valence-electron chi connectivity index (χ1n) is 12.2. The minimum atomic E-state index is -0.762. The summed E-state index contributed by atoms with van der Waals surface area (Å²) in [6, 6.07) is 9.44. The molecule has 2 aromatic heterocycles. The van der Waals surface area contributed by atoms with E-state index in [9.17, 15) is 9.59 Å². The zero-order valence-electron chi connectivity index (χ0n) is 21.6. The van der Waals surface area contributed by atoms with E-state index in [1.807, 2.05) is 73.3 Å². The highest BCUT2D eigenvalue weighted by molar-refractivity contribution is 6.26. The highest BCUT2D eigenvalue weighted by Crippen LogP contribution is 2.33. The largest absolute Gasteiger partial charge is 0.492 e. The smallest absolute Gasteiger partial charge is 0.347 e. The molecule has 0 aliphatic carbocycles. The van der Waals surface area contributed by atoms with E-state index >= 15 is 0 Å². The zero-order chi connectivity index (χ0) is 27.1. The number of allylic oxidation sites excluding steroid dienone is 2. The third-order valence-corrected chi connectivity index (χ3v) is 5.81. The summed E-state index contributed by atoms with van der Waals surface area (Å²) >= 11 is 0. The van der Waals surface area contributed by atoms with E-state index in [1.54, 1.807) is 19.2 Å². The molecule has 4 rings (SSSR count). The number of esters is 1. The number of Topliss-reactive ketones (excluding diaryl/α,β-unsaturated/α-hetero) is 1. The number of H-pyrrole nitrogens is 1. The molecule has 0 saturated carbocycles. The van der Waals surface area contributed by atoms with Crippen molar-refractivity contribution < 1.29 is 23.8 Å². The van der Waals surface area contributed by atoms with E-state index in [2.05, 4.69) is 22.0 Å². The van der Waals surface area contributed by atoms with Crippen molar-refractivity contribution in [1.82, 2.24) is 9.55 Å². The number of carbonyl (C=O) groups is 2. The Bertz CT molecular complexity index is 1430. The van der Waals surface area contributed by atoms with Crippen LogP contribution in [-0.4, -0.2) is 41.2 Å². The molecule has 0 spiro atoms. The Balaban J connectivity index is 1.56. The Hall–Kier alpha value is -4.79. The third-order valence-electron chi connectivity index (χ3n) is 5.81. The maximum atomic E-state index is 13.2. The standard InChI is InChI=1S/C29H30N4O5/c1-5-9-22-20(18-31-27(22)30-4)17-24-26(34)25(29(35)36-6-2)28(38-24)32-23-11-10-21(16-19(23)3)37-15-14-33-12-7-8-13-33/h5,7-13,16-18,31-32H,4,6,14-15H2,1-3H3/b9-5-,24-17-. The van der Waals surface area contributed by atoms with E-state index < -0.39 is 11.8 Å². The fourth-order valence-corrected chi connectivity index (χ4v) is 3.95. The van der Waals surface area contributed by atoms with Crippen LogP contribution in [0.1, 0.15) is 30.5 Å². The monoisotopic (exact) mass is 514 g/mol. The summed E-state index contributed by atoms with van der Waals surface area (Å²) < 4.78 is 18.9. The summed E-state index contributed by atoms with van der Waals surface area (Å²) in [5.74, 6) is -0.0765. The van der Waals surface area contributed by atoms with Crippen molar-refractivity contribution in [3.8, 4) is 5.75 Å². The molecule has 9 heteroatoms. The van der Waals surface area contributed by atoms with E-state index in [1.165, 1.54) is 0 Å². The summed E-state index contributed by atoms with van der Waals surface area (Å²) in [5.41, 5.74) is 2.71. The van der Waals surface area contributed by atoms with Crippen LogP contribution in [0.5, 0.6) is 5.75 Å². The number of aliphatic imine (C=N–C) groups is 1. The van der Waals surface area contributed by atoms with Gasteiger partial charge in [0.2, 0.25) is 11.7 Å². The molecule has 0 radical (unpaired) electrons. The van der Waals surface area contributed by atoms with Gasteiger partial charge < -0.3 is 29.1 Å². The number of nitrogens with one attached hydrogen (secondary N) is 2. The Labute approximate surface area is 221 Å². The molecule has 196 valence electrons. The molecule has 1 aromatic carbocycles. The van der Waals surface area contributed by atoms with Gasteiger partial charge in [0.15, 0.2) is 11.3 Å². The van der Waals surface area contributed by atoms with Crippen LogP contribution in [0.4, 0.5) is 11.5 Å². The second kappa shape index (κ2) is 12.0. The highest BCUT2D eigenvalue weighted by Gasteiger charge is 2.37. The number of aryl methyl sites for hydroxylation is 1. The summed E-state index contributed by atoms with van der Waals surface area (Å²) in [5, 5.41) is 3.09. The van der Waals surface area contributed by atoms with Gasteiger partial charge in [0.25, 0.3) is 0 Å². The molecule has 0 fully saturated rings. The van der Waals surface area contributed by atoms with Crippen molar-refractivity contribution >= 4 is 42.1 Å². The number of carbonyl (C=O) groups excluding carboxylic acids is 2. The number of ketones is 1. The number of rotatable bonds is 11. The first kappa shape index (κ1) is 26.3. The summed E-state index contributed by atoms with van der Waals surface area (Å²) in [7, 11) is 0. The lowest BCUT2D eigenvalue weighted by Crippen LogP contribution is -2.16. The van der Waals surface area contributed by atoms with Crippen LogP contribution >= 0.6 is 0 Å². The van der Waals surface area contributed by atoms with Gasteiger partial charge in [0.05, 0.1) is 13.2 Å². The number of hydrogen-bond donors (Lipinski definition) is 2. The molecule has 0 amide bonds. The predicted octanol–water partition coefficient (Wildman–Crippen LogP) is 5.40. The van der Waals surface area contributed by atoms with E-state index in [0.717, 1.165) is 17.7 Å². The molecule has 38 heavy (non-hydrogen) atoms. The second-order valence-corrected chi connectivity index (χ2v) is 8.40. The number of benzene rings is 1. The quantitative estimate of drug-likeness (QED) is 0.154. The number of aromatic nitrogens is 2. The molecule has 1 aliphatic rings. The molecule has 0 atom stereocenters. The average Bonchev–Trinajstić information content (AvgIpc) is 3.62. The van der Waals surface area contributed by atoms with Crippen LogP contribution in [0.2, 0.25) is 0 Å². The number of ether oxygens (including phenoxy) is 3. The fourth-order valence-electron chi connectivity index (χ4n) is 3.95. The highest BCUT2D eigenvalue weighted by atomic mass is 16.5. The SMILES string of the molecule is C=Nc1[nH]cc(/C=C2\OC(Nc3ccc(OCCn4cccc4)cc3C)=C(C(=O)OCC)C2=O)c1/C=C\C. The van der Waals surface area contributed by atoms with Gasteiger partial charge in [0.1, 0.15) is 18.2 Å². The molecular formula is C29H30N4O5. The lowest BCUT2D eigenvalue weighted by Gasteiger charge is -2.13. The molecule has 0 bridgehead atoms. The molecule has 0 unspecified atom stereocenters. The van der Waals surface area contributed by atoms with Gasteiger partial charge in [-0.25, -0.2) is 9.79 Å². The van der Waals surface area contributed by atoms with Gasteiger partial charge in [-0.05, 0) is 69.5 Å². The van der Waals surface area contributed by atoms with Crippen LogP contribution in [0.3, 0.4) is 0 Å². The van der Waals surface area contributed by atoms with Gasteiger partial charge in [-0.2, -0.15) is 0 Å². The lowest BCUT2D eigenvalue weighted by molar-refractivity contribution is -0.139. The van der Waals surface area contributed by atoms with E-state index in [4.69, 9.17) is 14.2 Å². The Morgan fingerprint density at radius 3 is 2.76 bits per heavy atom. The molecule has 3 heterocycles. The van der Waals surface area contributed by atoms with Gasteiger partial charge >= 0.3 is 5.97 Å². The minimum Gasteiger partial charge on any atom is -0.492 e. The maximum absolute atomic E-state index is 13.2. The van der Waals surface area contributed by atoms with Crippen LogP contribution in [-0.2, 0) is 25.6 Å². The second-order valence-electron chi connectivity index (χ2n) is 8.40. The third kappa shape index (κ3) is 5.78. The minimum absolute atomic E-state index is 0.00858. The van der Waals surface area contributed by atoms with E-state index in [0.29, 0.717) is 29.4 Å². The first-order chi connectivity index (χ1) is 18.4. The predicted molar refractivity (Wildman–Crippen MR) is 147 cm³/mol.